The minimum atomic E-state index is -0.0486. The van der Waals surface area contributed by atoms with Gasteiger partial charge in [0.15, 0.2) is 0 Å². The molecule has 384 valence electrons. The summed E-state index contributed by atoms with van der Waals surface area (Å²) in [5, 5.41) is 0. The van der Waals surface area contributed by atoms with Gasteiger partial charge in [0.05, 0.1) is 0 Å². The van der Waals surface area contributed by atoms with Crippen LogP contribution in [0.5, 0.6) is 0 Å². The molecule has 0 aromatic heterocycles. The van der Waals surface area contributed by atoms with E-state index in [4.69, 9.17) is 0 Å². The highest BCUT2D eigenvalue weighted by molar-refractivity contribution is 6.06. The molecule has 0 amide bonds. The van der Waals surface area contributed by atoms with Gasteiger partial charge in [0.2, 0.25) is 0 Å². The van der Waals surface area contributed by atoms with Gasteiger partial charge in [-0.25, -0.2) is 0 Å². The van der Waals surface area contributed by atoms with Crippen molar-refractivity contribution in [3.8, 4) is 22.3 Å². The molecule has 1 aliphatic rings. The summed E-state index contributed by atoms with van der Waals surface area (Å²) in [5.41, 5.74) is 29.1. The standard InChI is InChI=1S/C72H96/c1-65(2,3)49-33-29-45(59(41-49)69(13,14)15)37-55-56(38-46-30-34-50(66(4,5)6)42-60(46)70(16,17)18)58(40-48-32-36-52(68(10,11)12)44-62(48)72(22,23)24)64-54-28-26-25-27-53(54)63(64)57(55)39-47-31-35-51(67(7,8)9)43-61(47)71(19,20)21/h25-36,41-44H,37-40H2,1-24H3. The Labute approximate surface area is 441 Å². The van der Waals surface area contributed by atoms with Gasteiger partial charge in [-0.05, 0) is 180 Å². The highest BCUT2D eigenvalue weighted by atomic mass is 14.4. The van der Waals surface area contributed by atoms with Crippen LogP contribution in [0.25, 0.3) is 22.3 Å². The van der Waals surface area contributed by atoms with Gasteiger partial charge in [-0.15, -0.1) is 0 Å². The minimum Gasteiger partial charge on any atom is -0.0616 e. The Kier molecular flexibility index (Phi) is 14.2. The number of hydrogen-bond acceptors (Lipinski definition) is 0. The fourth-order valence-corrected chi connectivity index (χ4v) is 11.6. The van der Waals surface area contributed by atoms with E-state index in [9.17, 15) is 0 Å². The quantitative estimate of drug-likeness (QED) is 0.142. The summed E-state index contributed by atoms with van der Waals surface area (Å²) < 4.78 is 0. The van der Waals surface area contributed by atoms with Crippen molar-refractivity contribution < 1.29 is 0 Å². The van der Waals surface area contributed by atoms with Crippen LogP contribution in [0.4, 0.5) is 0 Å². The molecule has 6 aromatic rings. The molecule has 7 rings (SSSR count). The number of fused-ring (bicyclic) bond motifs is 4. The number of hydrogen-bond donors (Lipinski definition) is 0. The van der Waals surface area contributed by atoms with E-state index < -0.39 is 0 Å². The van der Waals surface area contributed by atoms with Crippen LogP contribution in [0.3, 0.4) is 0 Å². The number of rotatable bonds is 8. The zero-order valence-electron chi connectivity index (χ0n) is 50.1. The average molecular weight is 962 g/mol. The smallest absolute Gasteiger partial charge is 0.00135 e. The molecule has 0 bridgehead atoms. The van der Waals surface area contributed by atoms with Crippen LogP contribution in [0.1, 0.15) is 255 Å². The fourth-order valence-electron chi connectivity index (χ4n) is 11.6. The van der Waals surface area contributed by atoms with Crippen molar-refractivity contribution in [3.63, 3.8) is 0 Å². The molecule has 0 saturated heterocycles. The molecule has 0 radical (unpaired) electrons. The molecule has 0 unspecified atom stereocenters. The first-order chi connectivity index (χ1) is 32.8. The van der Waals surface area contributed by atoms with Crippen molar-refractivity contribution in [2.75, 3.05) is 0 Å². The van der Waals surface area contributed by atoms with Crippen molar-refractivity contribution in [1.82, 2.24) is 0 Å². The van der Waals surface area contributed by atoms with E-state index in [1.165, 1.54) is 111 Å². The Balaban J connectivity index is 1.68. The van der Waals surface area contributed by atoms with Gasteiger partial charge < -0.3 is 0 Å². The summed E-state index contributed by atoms with van der Waals surface area (Å²) in [6, 6.07) is 39.4. The Morgan fingerprint density at radius 3 is 0.639 bits per heavy atom. The van der Waals surface area contributed by atoms with E-state index in [1.807, 2.05) is 0 Å². The maximum Gasteiger partial charge on any atom is -0.00135 e. The molecule has 6 aromatic carbocycles. The van der Waals surface area contributed by atoms with Crippen LogP contribution in [0.2, 0.25) is 0 Å². The van der Waals surface area contributed by atoms with Gasteiger partial charge in [0.25, 0.3) is 0 Å². The molecule has 0 saturated carbocycles. The molecule has 0 heterocycles. The second kappa shape index (κ2) is 18.6. The molecule has 72 heavy (non-hydrogen) atoms. The van der Waals surface area contributed by atoms with E-state index in [0.29, 0.717) is 0 Å². The van der Waals surface area contributed by atoms with Crippen LogP contribution in [-0.4, -0.2) is 0 Å². The van der Waals surface area contributed by atoms with Gasteiger partial charge in [-0.3, -0.25) is 0 Å². The summed E-state index contributed by atoms with van der Waals surface area (Å²) in [4.78, 5) is 0. The SMILES string of the molecule is CC(C)(C)c1ccc(Cc2c(Cc3ccc(C(C)(C)C)cc3C(C)(C)C)c(Cc3ccc(C(C)(C)C)cc3C(C)(C)C)c3c(c2Cc2ccc(C(C)(C)C)cc2C(C)(C)C)-c2ccccc2-3)c(C(C)(C)C)c1. The van der Waals surface area contributed by atoms with Crippen LogP contribution in [0, 0.1) is 0 Å². The Bertz CT molecular complexity index is 2780. The molecule has 0 aliphatic heterocycles. The molecule has 0 atom stereocenters. The zero-order chi connectivity index (χ0) is 53.7. The maximum atomic E-state index is 2.56. The van der Waals surface area contributed by atoms with Crippen molar-refractivity contribution >= 4 is 0 Å². The second-order valence-corrected chi connectivity index (χ2v) is 30.4. The first kappa shape index (κ1) is 55.1. The molecule has 0 spiro atoms. The predicted molar refractivity (Wildman–Crippen MR) is 317 cm³/mol. The lowest BCUT2D eigenvalue weighted by Gasteiger charge is -2.37. The molecule has 0 heteroatoms. The summed E-state index contributed by atoms with van der Waals surface area (Å²) in [6.45, 7) is 57.4. The van der Waals surface area contributed by atoms with Crippen molar-refractivity contribution in [1.29, 1.82) is 0 Å². The average Bonchev–Trinajstić information content (AvgIpc) is 3.21. The van der Waals surface area contributed by atoms with Crippen LogP contribution < -0.4 is 0 Å². The lowest BCUT2D eigenvalue weighted by molar-refractivity contribution is 0.562. The van der Waals surface area contributed by atoms with Crippen LogP contribution in [-0.2, 0) is 69.0 Å². The summed E-state index contributed by atoms with van der Waals surface area (Å²) in [5.74, 6) is 0. The summed E-state index contributed by atoms with van der Waals surface area (Å²) in [7, 11) is 0. The molecule has 0 fully saturated rings. The third-order valence-electron chi connectivity index (χ3n) is 16.0. The third-order valence-corrected chi connectivity index (χ3v) is 16.0. The van der Waals surface area contributed by atoms with Crippen molar-refractivity contribution in [2.45, 2.75) is 235 Å². The molecule has 0 nitrogen and oxygen atoms in total. The largest absolute Gasteiger partial charge is 0.0616 e. The van der Waals surface area contributed by atoms with E-state index in [2.05, 4.69) is 263 Å². The Hall–Kier alpha value is -4.68. The molecular weight excluding hydrogens is 865 g/mol. The summed E-state index contributed by atoms with van der Waals surface area (Å²) in [6.07, 6.45) is 3.50. The van der Waals surface area contributed by atoms with Gasteiger partial charge in [-0.2, -0.15) is 0 Å². The first-order valence-electron chi connectivity index (χ1n) is 27.6. The highest BCUT2D eigenvalue weighted by Gasteiger charge is 2.37. The van der Waals surface area contributed by atoms with Gasteiger partial charge >= 0.3 is 0 Å². The van der Waals surface area contributed by atoms with E-state index >= 15 is 0 Å². The topological polar surface area (TPSA) is 0 Å². The fraction of sp³-hybridized carbons (Fsp3) is 0.500. The molecule has 0 N–H and O–H groups in total. The Morgan fingerprint density at radius 1 is 0.236 bits per heavy atom. The number of benzene rings is 6. The van der Waals surface area contributed by atoms with Crippen molar-refractivity contribution in [3.05, 3.63) is 186 Å². The first-order valence-corrected chi connectivity index (χ1v) is 27.6. The van der Waals surface area contributed by atoms with E-state index in [-0.39, 0.29) is 43.3 Å². The van der Waals surface area contributed by atoms with E-state index in [0.717, 1.165) is 25.7 Å². The second-order valence-electron chi connectivity index (χ2n) is 30.4. The lowest BCUT2D eigenvalue weighted by Crippen LogP contribution is -2.23. The third kappa shape index (κ3) is 11.3. The highest BCUT2D eigenvalue weighted by Crippen LogP contribution is 2.56. The maximum absolute atomic E-state index is 2.56. The normalized spacial score (nSPS) is 13.8. The Morgan fingerprint density at radius 2 is 0.444 bits per heavy atom. The van der Waals surface area contributed by atoms with Gasteiger partial charge in [-0.1, -0.05) is 263 Å². The molecule has 1 aliphatic carbocycles. The van der Waals surface area contributed by atoms with Gasteiger partial charge in [0.1, 0.15) is 0 Å². The van der Waals surface area contributed by atoms with E-state index in [1.54, 1.807) is 0 Å². The van der Waals surface area contributed by atoms with Crippen molar-refractivity contribution in [2.24, 2.45) is 0 Å². The molecular formula is C72H96. The van der Waals surface area contributed by atoms with Crippen LogP contribution >= 0.6 is 0 Å². The monoisotopic (exact) mass is 961 g/mol. The minimum absolute atomic E-state index is 0.0360. The van der Waals surface area contributed by atoms with Crippen LogP contribution in [0.15, 0.2) is 97.1 Å². The van der Waals surface area contributed by atoms with Gasteiger partial charge in [0, 0.05) is 0 Å². The lowest BCUT2D eigenvalue weighted by atomic mass is 9.66. The zero-order valence-corrected chi connectivity index (χ0v) is 50.1. The predicted octanol–water partition coefficient (Wildman–Crippen LogP) is 20.1. The summed E-state index contributed by atoms with van der Waals surface area (Å²) >= 11 is 0.